The molecule has 1 heterocycles. The van der Waals surface area contributed by atoms with Gasteiger partial charge in [-0.25, -0.2) is 0 Å². The molecule has 1 aromatic carbocycles. The minimum atomic E-state index is -0.200. The lowest BCUT2D eigenvalue weighted by Gasteiger charge is -2.06. The summed E-state index contributed by atoms with van der Waals surface area (Å²) in [6.07, 6.45) is 0. The van der Waals surface area contributed by atoms with Crippen LogP contribution in [0.4, 0.5) is 0 Å². The highest BCUT2D eigenvalue weighted by Gasteiger charge is 2.08. The number of amides is 2. The van der Waals surface area contributed by atoms with Crippen LogP contribution in [0, 0.1) is 6.92 Å². The number of rotatable bonds is 5. The van der Waals surface area contributed by atoms with E-state index in [1.165, 1.54) is 6.92 Å². The molecule has 0 aliphatic heterocycles. The van der Waals surface area contributed by atoms with E-state index in [2.05, 4.69) is 20.8 Å². The van der Waals surface area contributed by atoms with Crippen molar-refractivity contribution in [2.75, 3.05) is 13.1 Å². The van der Waals surface area contributed by atoms with E-state index in [9.17, 15) is 9.59 Å². The lowest BCUT2D eigenvalue weighted by Crippen LogP contribution is -2.33. The minimum absolute atomic E-state index is 0.122. The first-order valence-corrected chi connectivity index (χ1v) is 6.49. The number of aryl methyl sites for hydroxylation is 1. The van der Waals surface area contributed by atoms with Crippen molar-refractivity contribution >= 4 is 11.8 Å². The standard InChI is InChI=1S/C14H16N4O3/c1-9(19)15-7-8-16-13(20)11-3-5-12(6-4-11)14-18-17-10(2)21-14/h3-6H,7-8H2,1-2H3,(H,15,19)(H,16,20). The zero-order chi connectivity index (χ0) is 15.2. The first kappa shape index (κ1) is 14.7. The maximum absolute atomic E-state index is 11.9. The number of nitrogens with zero attached hydrogens (tertiary/aromatic N) is 2. The summed E-state index contributed by atoms with van der Waals surface area (Å²) in [5.74, 6) is 0.590. The summed E-state index contributed by atoms with van der Waals surface area (Å²) in [5.41, 5.74) is 1.28. The Morgan fingerprint density at radius 1 is 1.10 bits per heavy atom. The van der Waals surface area contributed by atoms with Crippen molar-refractivity contribution in [3.05, 3.63) is 35.7 Å². The highest BCUT2D eigenvalue weighted by Crippen LogP contribution is 2.17. The van der Waals surface area contributed by atoms with Crippen LogP contribution in [0.3, 0.4) is 0 Å². The number of carbonyl (C=O) groups is 2. The number of hydrogen-bond donors (Lipinski definition) is 2. The van der Waals surface area contributed by atoms with Crippen molar-refractivity contribution in [2.45, 2.75) is 13.8 Å². The molecule has 110 valence electrons. The normalized spacial score (nSPS) is 10.2. The van der Waals surface area contributed by atoms with E-state index in [1.54, 1.807) is 31.2 Å². The van der Waals surface area contributed by atoms with Crippen molar-refractivity contribution in [1.82, 2.24) is 20.8 Å². The fourth-order valence-corrected chi connectivity index (χ4v) is 1.69. The summed E-state index contributed by atoms with van der Waals surface area (Å²) < 4.78 is 5.31. The third-order valence-corrected chi connectivity index (χ3v) is 2.70. The van der Waals surface area contributed by atoms with Gasteiger partial charge >= 0.3 is 0 Å². The molecule has 0 aliphatic carbocycles. The molecule has 0 radical (unpaired) electrons. The third-order valence-electron chi connectivity index (χ3n) is 2.70. The van der Waals surface area contributed by atoms with Crippen LogP contribution in [0.25, 0.3) is 11.5 Å². The Kier molecular flexibility index (Phi) is 4.65. The SMILES string of the molecule is CC(=O)NCCNC(=O)c1ccc(-c2nnc(C)o2)cc1. The lowest BCUT2D eigenvalue weighted by molar-refractivity contribution is -0.118. The zero-order valence-electron chi connectivity index (χ0n) is 11.8. The molecule has 2 amide bonds. The Balaban J connectivity index is 1.92. The van der Waals surface area contributed by atoms with Crippen LogP contribution < -0.4 is 10.6 Å². The molecule has 2 N–H and O–H groups in total. The number of nitrogens with one attached hydrogen (secondary N) is 2. The van der Waals surface area contributed by atoms with Gasteiger partial charge < -0.3 is 15.1 Å². The molecule has 2 aromatic rings. The smallest absolute Gasteiger partial charge is 0.251 e. The van der Waals surface area contributed by atoms with E-state index >= 15 is 0 Å². The second-order valence-electron chi connectivity index (χ2n) is 4.44. The Bertz CT molecular complexity index is 634. The fraction of sp³-hybridized carbons (Fsp3) is 0.286. The molecule has 0 saturated heterocycles. The first-order chi connectivity index (χ1) is 10.1. The number of hydrogen-bond acceptors (Lipinski definition) is 5. The Morgan fingerprint density at radius 2 is 1.76 bits per heavy atom. The average molecular weight is 288 g/mol. The van der Waals surface area contributed by atoms with Gasteiger partial charge in [0.15, 0.2) is 0 Å². The Morgan fingerprint density at radius 3 is 2.33 bits per heavy atom. The van der Waals surface area contributed by atoms with Gasteiger partial charge in [-0.2, -0.15) is 0 Å². The lowest BCUT2D eigenvalue weighted by atomic mass is 10.1. The molecule has 0 aliphatic rings. The van der Waals surface area contributed by atoms with Gasteiger partial charge in [0.1, 0.15) is 0 Å². The maximum atomic E-state index is 11.9. The highest BCUT2D eigenvalue weighted by atomic mass is 16.4. The summed E-state index contributed by atoms with van der Waals surface area (Å²) in [5, 5.41) is 13.0. The number of carbonyl (C=O) groups excluding carboxylic acids is 2. The summed E-state index contributed by atoms with van der Waals surface area (Å²) >= 11 is 0. The van der Waals surface area contributed by atoms with Crippen LogP contribution in [0.5, 0.6) is 0 Å². The van der Waals surface area contributed by atoms with Crippen molar-refractivity contribution in [3.63, 3.8) is 0 Å². The topological polar surface area (TPSA) is 97.1 Å². The van der Waals surface area contributed by atoms with E-state index in [0.29, 0.717) is 30.4 Å². The average Bonchev–Trinajstić information content (AvgIpc) is 2.90. The second-order valence-corrected chi connectivity index (χ2v) is 4.44. The monoisotopic (exact) mass is 288 g/mol. The molecule has 21 heavy (non-hydrogen) atoms. The van der Waals surface area contributed by atoms with E-state index in [0.717, 1.165) is 5.56 Å². The van der Waals surface area contributed by atoms with Crippen molar-refractivity contribution in [3.8, 4) is 11.5 Å². The molecular formula is C14H16N4O3. The highest BCUT2D eigenvalue weighted by molar-refractivity contribution is 5.94. The van der Waals surface area contributed by atoms with Crippen LogP contribution in [-0.2, 0) is 4.79 Å². The van der Waals surface area contributed by atoms with E-state index in [4.69, 9.17) is 4.42 Å². The second kappa shape index (κ2) is 6.65. The summed E-state index contributed by atoms with van der Waals surface area (Å²) in [6.45, 7) is 3.93. The summed E-state index contributed by atoms with van der Waals surface area (Å²) in [7, 11) is 0. The van der Waals surface area contributed by atoms with Crippen molar-refractivity contribution in [1.29, 1.82) is 0 Å². The maximum Gasteiger partial charge on any atom is 0.251 e. The fourth-order valence-electron chi connectivity index (χ4n) is 1.69. The Labute approximate surface area is 121 Å². The molecule has 0 unspecified atom stereocenters. The molecule has 7 heteroatoms. The van der Waals surface area contributed by atoms with Gasteiger partial charge in [0.25, 0.3) is 5.91 Å². The van der Waals surface area contributed by atoms with Crippen molar-refractivity contribution in [2.24, 2.45) is 0 Å². The van der Waals surface area contributed by atoms with Gasteiger partial charge in [0.2, 0.25) is 17.7 Å². The van der Waals surface area contributed by atoms with Crippen LogP contribution in [0.2, 0.25) is 0 Å². The zero-order valence-corrected chi connectivity index (χ0v) is 11.8. The van der Waals surface area contributed by atoms with Gasteiger partial charge in [0.05, 0.1) is 0 Å². The number of benzene rings is 1. The van der Waals surface area contributed by atoms with Crippen LogP contribution in [-0.4, -0.2) is 35.1 Å². The summed E-state index contributed by atoms with van der Waals surface area (Å²) in [4.78, 5) is 22.6. The molecule has 0 saturated carbocycles. The van der Waals surface area contributed by atoms with E-state index in [-0.39, 0.29) is 11.8 Å². The molecular weight excluding hydrogens is 272 g/mol. The first-order valence-electron chi connectivity index (χ1n) is 6.49. The Hall–Kier alpha value is -2.70. The minimum Gasteiger partial charge on any atom is -0.421 e. The van der Waals surface area contributed by atoms with Gasteiger partial charge in [-0.3, -0.25) is 9.59 Å². The van der Waals surface area contributed by atoms with E-state index < -0.39 is 0 Å². The molecule has 2 rings (SSSR count). The molecule has 1 aromatic heterocycles. The third kappa shape index (κ3) is 4.13. The van der Waals surface area contributed by atoms with Gasteiger partial charge in [-0.15, -0.1) is 10.2 Å². The van der Waals surface area contributed by atoms with Crippen LogP contribution in [0.1, 0.15) is 23.2 Å². The largest absolute Gasteiger partial charge is 0.421 e. The predicted molar refractivity (Wildman–Crippen MR) is 75.5 cm³/mol. The van der Waals surface area contributed by atoms with Gasteiger partial charge in [-0.05, 0) is 24.3 Å². The van der Waals surface area contributed by atoms with Crippen molar-refractivity contribution < 1.29 is 14.0 Å². The predicted octanol–water partition coefficient (Wildman–Crippen LogP) is 0.911. The molecule has 0 bridgehead atoms. The quantitative estimate of drug-likeness (QED) is 0.797. The molecule has 0 spiro atoms. The van der Waals surface area contributed by atoms with Gasteiger partial charge in [-0.1, -0.05) is 0 Å². The number of aromatic nitrogens is 2. The molecule has 0 fully saturated rings. The van der Waals surface area contributed by atoms with E-state index in [1.807, 2.05) is 0 Å². The summed E-state index contributed by atoms with van der Waals surface area (Å²) in [6, 6.07) is 6.86. The van der Waals surface area contributed by atoms with Gasteiger partial charge in [0, 0.05) is 38.1 Å². The van der Waals surface area contributed by atoms with Crippen LogP contribution >= 0.6 is 0 Å². The molecule has 0 atom stereocenters. The molecule has 7 nitrogen and oxygen atoms in total. The van der Waals surface area contributed by atoms with Crippen LogP contribution in [0.15, 0.2) is 28.7 Å².